The predicted octanol–water partition coefficient (Wildman–Crippen LogP) is 3.01. The number of likely N-dealkylation sites (tertiary alicyclic amines) is 1. The second kappa shape index (κ2) is 4.33. The minimum absolute atomic E-state index is 0.0332. The maximum Gasteiger partial charge on any atom is 0.236 e. The predicted molar refractivity (Wildman–Crippen MR) is 64.8 cm³/mol. The molecule has 1 aliphatic heterocycles. The highest BCUT2D eigenvalue weighted by Gasteiger charge is 2.29. The Morgan fingerprint density at radius 1 is 1.64 bits per heavy atom. The van der Waals surface area contributed by atoms with Crippen molar-refractivity contribution in [2.45, 2.75) is 17.8 Å². The van der Waals surface area contributed by atoms with E-state index in [0.717, 1.165) is 24.0 Å². The maximum atomic E-state index is 11.6. The van der Waals surface area contributed by atoms with E-state index < -0.39 is 0 Å². The number of hydrogen-bond donors (Lipinski definition) is 0. The van der Waals surface area contributed by atoms with Crippen LogP contribution >= 0.6 is 43.2 Å². The van der Waals surface area contributed by atoms with Gasteiger partial charge in [-0.1, -0.05) is 15.9 Å². The molecule has 0 N–H and O–H groups in total. The molecule has 1 fully saturated rings. The minimum Gasteiger partial charge on any atom is -0.337 e. The SMILES string of the molecule is O=C1C(Br)CCN1Cc1cc(Br)cs1. The summed E-state index contributed by atoms with van der Waals surface area (Å²) in [4.78, 5) is 14.8. The number of carbonyl (C=O) groups is 1. The molecule has 1 atom stereocenters. The van der Waals surface area contributed by atoms with Gasteiger partial charge in [-0.05, 0) is 28.4 Å². The first kappa shape index (κ1) is 10.6. The van der Waals surface area contributed by atoms with Crippen LogP contribution in [0.2, 0.25) is 0 Å². The average molecular weight is 339 g/mol. The van der Waals surface area contributed by atoms with Gasteiger partial charge in [-0.2, -0.15) is 0 Å². The van der Waals surface area contributed by atoms with Crippen LogP contribution in [0.4, 0.5) is 0 Å². The Bertz CT molecular complexity index is 352. The molecule has 0 aliphatic carbocycles. The van der Waals surface area contributed by atoms with Gasteiger partial charge in [0.05, 0.1) is 11.4 Å². The highest BCUT2D eigenvalue weighted by Crippen LogP contribution is 2.25. The van der Waals surface area contributed by atoms with Gasteiger partial charge in [0.1, 0.15) is 0 Å². The Morgan fingerprint density at radius 3 is 2.93 bits per heavy atom. The molecule has 0 radical (unpaired) electrons. The van der Waals surface area contributed by atoms with Crippen LogP contribution in [0.1, 0.15) is 11.3 Å². The van der Waals surface area contributed by atoms with Crippen LogP contribution in [0.3, 0.4) is 0 Å². The van der Waals surface area contributed by atoms with E-state index in [2.05, 4.69) is 37.9 Å². The van der Waals surface area contributed by atoms with Crippen molar-refractivity contribution in [1.82, 2.24) is 4.90 Å². The molecule has 14 heavy (non-hydrogen) atoms. The summed E-state index contributed by atoms with van der Waals surface area (Å²) >= 11 is 8.46. The van der Waals surface area contributed by atoms with Gasteiger partial charge in [-0.3, -0.25) is 4.79 Å². The number of thiophene rings is 1. The van der Waals surface area contributed by atoms with Crippen LogP contribution in [0.25, 0.3) is 0 Å². The summed E-state index contributed by atoms with van der Waals surface area (Å²) in [5.41, 5.74) is 0. The molecule has 1 aliphatic rings. The molecule has 0 aromatic carbocycles. The lowest BCUT2D eigenvalue weighted by Crippen LogP contribution is -2.26. The van der Waals surface area contributed by atoms with Crippen LogP contribution in [0.5, 0.6) is 0 Å². The number of halogens is 2. The quantitative estimate of drug-likeness (QED) is 0.759. The number of rotatable bonds is 2. The Kier molecular flexibility index (Phi) is 3.29. The molecule has 1 aromatic rings. The Balaban J connectivity index is 2.02. The minimum atomic E-state index is 0.0332. The lowest BCUT2D eigenvalue weighted by molar-refractivity contribution is -0.127. The number of amides is 1. The number of nitrogens with zero attached hydrogens (tertiary/aromatic N) is 1. The second-order valence-corrected chi connectivity index (χ2v) is 6.26. The zero-order valence-electron chi connectivity index (χ0n) is 7.37. The van der Waals surface area contributed by atoms with Gasteiger partial charge in [-0.15, -0.1) is 11.3 Å². The van der Waals surface area contributed by atoms with Crippen molar-refractivity contribution in [2.24, 2.45) is 0 Å². The van der Waals surface area contributed by atoms with E-state index in [1.165, 1.54) is 4.88 Å². The normalized spacial score (nSPS) is 22.0. The van der Waals surface area contributed by atoms with E-state index in [0.29, 0.717) is 0 Å². The first-order valence-corrected chi connectivity index (χ1v) is 6.91. The summed E-state index contributed by atoms with van der Waals surface area (Å²) in [6.07, 6.45) is 0.922. The Hall–Kier alpha value is 0.130. The van der Waals surface area contributed by atoms with E-state index in [9.17, 15) is 4.79 Å². The summed E-state index contributed by atoms with van der Waals surface area (Å²) in [6, 6.07) is 2.07. The molecule has 76 valence electrons. The third-order valence-electron chi connectivity index (χ3n) is 2.20. The Labute approximate surface area is 104 Å². The first-order chi connectivity index (χ1) is 6.66. The van der Waals surface area contributed by atoms with E-state index >= 15 is 0 Å². The summed E-state index contributed by atoms with van der Waals surface area (Å²) in [5, 5.41) is 2.04. The molecule has 0 saturated carbocycles. The van der Waals surface area contributed by atoms with Crippen molar-refractivity contribution < 1.29 is 4.79 Å². The highest BCUT2D eigenvalue weighted by molar-refractivity contribution is 9.10. The molecule has 2 nitrogen and oxygen atoms in total. The van der Waals surface area contributed by atoms with Gasteiger partial charge >= 0.3 is 0 Å². The van der Waals surface area contributed by atoms with Crippen molar-refractivity contribution >= 4 is 49.1 Å². The lowest BCUT2D eigenvalue weighted by Gasteiger charge is -2.13. The van der Waals surface area contributed by atoms with Crippen molar-refractivity contribution in [1.29, 1.82) is 0 Å². The molecule has 5 heteroatoms. The van der Waals surface area contributed by atoms with Crippen molar-refractivity contribution in [3.8, 4) is 0 Å². The zero-order chi connectivity index (χ0) is 10.1. The molecule has 1 unspecified atom stereocenters. The number of hydrogen-bond acceptors (Lipinski definition) is 2. The smallest absolute Gasteiger partial charge is 0.236 e. The summed E-state index contributed by atoms with van der Waals surface area (Å²) < 4.78 is 1.10. The molecule has 1 aromatic heterocycles. The lowest BCUT2D eigenvalue weighted by atomic mass is 10.4. The summed E-state index contributed by atoms with van der Waals surface area (Å²) in [6.45, 7) is 1.61. The number of alkyl halides is 1. The van der Waals surface area contributed by atoms with Gasteiger partial charge in [0.2, 0.25) is 5.91 Å². The fraction of sp³-hybridized carbons (Fsp3) is 0.444. The molecule has 1 saturated heterocycles. The molecular weight excluding hydrogens is 330 g/mol. The third kappa shape index (κ3) is 2.20. The fourth-order valence-electron chi connectivity index (χ4n) is 1.48. The largest absolute Gasteiger partial charge is 0.337 e. The van der Waals surface area contributed by atoms with Gasteiger partial charge in [0.15, 0.2) is 0 Å². The monoisotopic (exact) mass is 337 g/mol. The first-order valence-electron chi connectivity index (χ1n) is 4.32. The molecule has 2 heterocycles. The zero-order valence-corrected chi connectivity index (χ0v) is 11.4. The van der Waals surface area contributed by atoms with Crippen LogP contribution in [0, 0.1) is 0 Å². The third-order valence-corrected chi connectivity index (χ3v) is 4.73. The summed E-state index contributed by atoms with van der Waals surface area (Å²) in [7, 11) is 0. The van der Waals surface area contributed by atoms with Crippen LogP contribution in [-0.2, 0) is 11.3 Å². The molecule has 1 amide bonds. The van der Waals surface area contributed by atoms with Crippen molar-refractivity contribution in [2.75, 3.05) is 6.54 Å². The van der Waals surface area contributed by atoms with Gasteiger partial charge < -0.3 is 4.90 Å². The van der Waals surface area contributed by atoms with E-state index in [-0.39, 0.29) is 10.7 Å². The average Bonchev–Trinajstić information content (AvgIpc) is 2.67. The van der Waals surface area contributed by atoms with E-state index in [1.54, 1.807) is 11.3 Å². The van der Waals surface area contributed by atoms with Crippen molar-refractivity contribution in [3.05, 3.63) is 20.8 Å². The molecule has 2 rings (SSSR count). The van der Waals surface area contributed by atoms with Crippen LogP contribution < -0.4 is 0 Å². The highest BCUT2D eigenvalue weighted by atomic mass is 79.9. The van der Waals surface area contributed by atoms with Crippen LogP contribution in [0.15, 0.2) is 15.9 Å². The maximum absolute atomic E-state index is 11.6. The number of carbonyl (C=O) groups excluding carboxylic acids is 1. The standard InChI is InChI=1S/C9H9Br2NOS/c10-6-3-7(14-5-6)4-12-2-1-8(11)9(12)13/h3,5,8H,1-2,4H2. The molecule has 0 spiro atoms. The van der Waals surface area contributed by atoms with Crippen LogP contribution in [-0.4, -0.2) is 22.2 Å². The van der Waals surface area contributed by atoms with Gasteiger partial charge in [-0.25, -0.2) is 0 Å². The van der Waals surface area contributed by atoms with Gasteiger partial charge in [0.25, 0.3) is 0 Å². The fourth-order valence-corrected chi connectivity index (χ4v) is 3.44. The molecular formula is C9H9Br2NOS. The summed E-state index contributed by atoms with van der Waals surface area (Å²) in [5.74, 6) is 0.217. The van der Waals surface area contributed by atoms with Crippen molar-refractivity contribution in [3.63, 3.8) is 0 Å². The second-order valence-electron chi connectivity index (χ2n) is 3.25. The Morgan fingerprint density at radius 2 is 2.43 bits per heavy atom. The van der Waals surface area contributed by atoms with Gasteiger partial charge in [0, 0.05) is 21.3 Å². The van der Waals surface area contributed by atoms with E-state index in [1.807, 2.05) is 10.3 Å². The van der Waals surface area contributed by atoms with E-state index in [4.69, 9.17) is 0 Å². The molecule has 0 bridgehead atoms. The topological polar surface area (TPSA) is 20.3 Å².